The van der Waals surface area contributed by atoms with Crippen LogP contribution >= 0.6 is 11.3 Å². The van der Waals surface area contributed by atoms with Gasteiger partial charge in [0.25, 0.3) is 5.69 Å². The summed E-state index contributed by atoms with van der Waals surface area (Å²) in [6.07, 6.45) is 0. The van der Waals surface area contributed by atoms with Crippen LogP contribution < -0.4 is 5.32 Å². The van der Waals surface area contributed by atoms with Crippen LogP contribution in [0, 0.1) is 10.1 Å². The molecule has 0 saturated carbocycles. The van der Waals surface area contributed by atoms with Gasteiger partial charge in [0.15, 0.2) is 0 Å². The standard InChI is InChI=1S/C22H18N6O5S/c1-2-33-22(30)19-17(14-6-4-3-5-7-14)13-34-21(19)23-18(29)12-27-25-20(24-26-27)15-8-10-16(11-9-15)28(31)32/h3-11,13H,2,12H2,1H3,(H,23,29). The number of amides is 1. The minimum atomic E-state index is -0.530. The lowest BCUT2D eigenvalue weighted by Gasteiger charge is -2.08. The minimum Gasteiger partial charge on any atom is -0.462 e. The summed E-state index contributed by atoms with van der Waals surface area (Å²) >= 11 is 1.22. The fraction of sp³-hybridized carbons (Fsp3) is 0.136. The molecule has 0 fully saturated rings. The summed E-state index contributed by atoms with van der Waals surface area (Å²) in [6, 6.07) is 15.0. The van der Waals surface area contributed by atoms with Crippen molar-refractivity contribution in [2.45, 2.75) is 13.5 Å². The normalized spacial score (nSPS) is 10.6. The number of ether oxygens (including phenoxy) is 1. The Balaban J connectivity index is 1.51. The van der Waals surface area contributed by atoms with E-state index in [1.54, 1.807) is 12.3 Å². The number of hydrogen-bond donors (Lipinski definition) is 1. The molecule has 0 aliphatic rings. The van der Waals surface area contributed by atoms with Gasteiger partial charge >= 0.3 is 5.97 Å². The van der Waals surface area contributed by atoms with E-state index < -0.39 is 16.8 Å². The van der Waals surface area contributed by atoms with Crippen LogP contribution in [-0.4, -0.2) is 43.6 Å². The van der Waals surface area contributed by atoms with E-state index in [-0.39, 0.29) is 30.2 Å². The van der Waals surface area contributed by atoms with Crippen LogP contribution in [-0.2, 0) is 16.1 Å². The Morgan fingerprint density at radius 3 is 2.53 bits per heavy atom. The number of thiophene rings is 1. The first-order valence-corrected chi connectivity index (χ1v) is 11.0. The molecule has 0 bridgehead atoms. The zero-order valence-corrected chi connectivity index (χ0v) is 18.7. The Morgan fingerprint density at radius 1 is 1.12 bits per heavy atom. The van der Waals surface area contributed by atoms with Gasteiger partial charge in [-0.2, -0.15) is 4.80 Å². The second kappa shape index (κ2) is 10.0. The van der Waals surface area contributed by atoms with E-state index in [0.29, 0.717) is 16.1 Å². The maximum atomic E-state index is 12.7. The zero-order chi connectivity index (χ0) is 24.1. The highest BCUT2D eigenvalue weighted by Gasteiger charge is 2.23. The van der Waals surface area contributed by atoms with Gasteiger partial charge in [0.1, 0.15) is 17.1 Å². The number of nitro benzene ring substituents is 1. The summed E-state index contributed by atoms with van der Waals surface area (Å²) in [5, 5.41) is 27.6. The molecule has 0 atom stereocenters. The quantitative estimate of drug-likeness (QED) is 0.229. The predicted octanol–water partition coefficient (Wildman–Crippen LogP) is 3.79. The maximum Gasteiger partial charge on any atom is 0.341 e. The van der Waals surface area contributed by atoms with Gasteiger partial charge in [-0.15, -0.1) is 21.5 Å². The highest BCUT2D eigenvalue weighted by Crippen LogP contribution is 2.36. The number of aromatic nitrogens is 4. The van der Waals surface area contributed by atoms with Crippen molar-refractivity contribution in [3.8, 4) is 22.5 Å². The summed E-state index contributed by atoms with van der Waals surface area (Å²) < 4.78 is 5.20. The van der Waals surface area contributed by atoms with E-state index in [4.69, 9.17) is 4.74 Å². The van der Waals surface area contributed by atoms with Gasteiger partial charge in [-0.25, -0.2) is 4.79 Å². The van der Waals surface area contributed by atoms with Crippen molar-refractivity contribution >= 4 is 33.9 Å². The first-order valence-electron chi connectivity index (χ1n) is 10.1. The topological polar surface area (TPSA) is 142 Å². The van der Waals surface area contributed by atoms with Crippen molar-refractivity contribution in [2.75, 3.05) is 11.9 Å². The third-order valence-corrected chi connectivity index (χ3v) is 5.58. The summed E-state index contributed by atoms with van der Waals surface area (Å²) in [5.41, 5.74) is 2.24. The first kappa shape index (κ1) is 22.7. The van der Waals surface area contributed by atoms with Crippen molar-refractivity contribution in [1.82, 2.24) is 20.2 Å². The van der Waals surface area contributed by atoms with Gasteiger partial charge in [0.05, 0.1) is 11.5 Å². The molecule has 172 valence electrons. The molecule has 4 aromatic rings. The molecule has 1 amide bonds. The molecule has 0 unspecified atom stereocenters. The fourth-order valence-corrected chi connectivity index (χ4v) is 4.11. The molecule has 34 heavy (non-hydrogen) atoms. The smallest absolute Gasteiger partial charge is 0.341 e. The van der Waals surface area contributed by atoms with E-state index in [9.17, 15) is 19.7 Å². The number of anilines is 1. The molecular formula is C22H18N6O5S. The van der Waals surface area contributed by atoms with Crippen LogP contribution in [0.1, 0.15) is 17.3 Å². The molecule has 12 heteroatoms. The third kappa shape index (κ3) is 4.96. The number of nitrogens with zero attached hydrogens (tertiary/aromatic N) is 5. The molecular weight excluding hydrogens is 460 g/mol. The van der Waals surface area contributed by atoms with E-state index in [1.165, 1.54) is 35.6 Å². The van der Waals surface area contributed by atoms with Gasteiger partial charge in [0.2, 0.25) is 11.7 Å². The van der Waals surface area contributed by atoms with E-state index in [2.05, 4.69) is 20.7 Å². The Hall–Kier alpha value is -4.45. The monoisotopic (exact) mass is 478 g/mol. The summed E-state index contributed by atoms with van der Waals surface area (Å²) in [4.78, 5) is 36.7. The molecule has 0 radical (unpaired) electrons. The molecule has 0 aliphatic carbocycles. The van der Waals surface area contributed by atoms with Gasteiger partial charge in [0, 0.05) is 28.6 Å². The Morgan fingerprint density at radius 2 is 1.85 bits per heavy atom. The van der Waals surface area contributed by atoms with Crippen LogP contribution in [0.4, 0.5) is 10.7 Å². The SMILES string of the molecule is CCOC(=O)c1c(-c2ccccc2)csc1NC(=O)Cn1nnc(-c2ccc([N+](=O)[O-])cc2)n1. The van der Waals surface area contributed by atoms with E-state index in [1.807, 2.05) is 30.3 Å². The largest absolute Gasteiger partial charge is 0.462 e. The summed E-state index contributed by atoms with van der Waals surface area (Å²) in [6.45, 7) is 1.66. The number of carbonyl (C=O) groups is 2. The molecule has 2 heterocycles. The first-order chi connectivity index (χ1) is 16.5. The van der Waals surface area contributed by atoms with E-state index >= 15 is 0 Å². The molecule has 2 aromatic heterocycles. The zero-order valence-electron chi connectivity index (χ0n) is 17.9. The van der Waals surface area contributed by atoms with Crippen molar-refractivity contribution in [2.24, 2.45) is 0 Å². The van der Waals surface area contributed by atoms with Crippen LogP contribution in [0.15, 0.2) is 60.0 Å². The Bertz CT molecular complexity index is 1330. The molecule has 0 saturated heterocycles. The van der Waals surface area contributed by atoms with Crippen LogP contribution in [0.25, 0.3) is 22.5 Å². The predicted molar refractivity (Wildman–Crippen MR) is 124 cm³/mol. The number of tetrazole rings is 1. The van der Waals surface area contributed by atoms with Crippen LogP contribution in [0.5, 0.6) is 0 Å². The van der Waals surface area contributed by atoms with Gasteiger partial charge < -0.3 is 10.1 Å². The molecule has 11 nitrogen and oxygen atoms in total. The minimum absolute atomic E-state index is 0.0567. The van der Waals surface area contributed by atoms with Crippen molar-refractivity contribution in [3.05, 3.63) is 75.7 Å². The lowest BCUT2D eigenvalue weighted by atomic mass is 10.0. The maximum absolute atomic E-state index is 12.7. The third-order valence-electron chi connectivity index (χ3n) is 4.68. The van der Waals surface area contributed by atoms with Crippen LogP contribution in [0.3, 0.4) is 0 Å². The number of esters is 1. The summed E-state index contributed by atoms with van der Waals surface area (Å²) in [5.74, 6) is -0.769. The Kier molecular flexibility index (Phi) is 6.69. The average Bonchev–Trinajstić information content (AvgIpc) is 3.47. The molecule has 1 N–H and O–H groups in total. The van der Waals surface area contributed by atoms with Crippen LogP contribution in [0.2, 0.25) is 0 Å². The second-order valence-electron chi connectivity index (χ2n) is 6.94. The highest BCUT2D eigenvalue weighted by molar-refractivity contribution is 7.15. The number of non-ortho nitro benzene ring substituents is 1. The Labute approximate surface area is 197 Å². The highest BCUT2D eigenvalue weighted by atomic mass is 32.1. The molecule has 0 aliphatic heterocycles. The van der Waals surface area contributed by atoms with Crippen molar-refractivity contribution in [3.63, 3.8) is 0 Å². The summed E-state index contributed by atoms with van der Waals surface area (Å²) in [7, 11) is 0. The molecule has 2 aromatic carbocycles. The van der Waals surface area contributed by atoms with Gasteiger partial charge in [-0.3, -0.25) is 14.9 Å². The van der Waals surface area contributed by atoms with Crippen molar-refractivity contribution < 1.29 is 19.2 Å². The number of nitrogens with one attached hydrogen (secondary N) is 1. The second-order valence-corrected chi connectivity index (χ2v) is 7.82. The van der Waals surface area contributed by atoms with E-state index in [0.717, 1.165) is 10.4 Å². The molecule has 0 spiro atoms. The van der Waals surface area contributed by atoms with Gasteiger partial charge in [-0.1, -0.05) is 30.3 Å². The van der Waals surface area contributed by atoms with Gasteiger partial charge in [-0.05, 0) is 29.8 Å². The fourth-order valence-electron chi connectivity index (χ4n) is 3.14. The number of rotatable bonds is 8. The lowest BCUT2D eigenvalue weighted by Crippen LogP contribution is -2.21. The van der Waals surface area contributed by atoms with Crippen molar-refractivity contribution in [1.29, 1.82) is 0 Å². The average molecular weight is 478 g/mol. The molecule has 4 rings (SSSR count). The number of benzene rings is 2. The number of carbonyl (C=O) groups excluding carboxylic acids is 2. The lowest BCUT2D eigenvalue weighted by molar-refractivity contribution is -0.384. The number of nitro groups is 1. The number of hydrogen-bond acceptors (Lipinski definition) is 9.